The first-order chi connectivity index (χ1) is 5.15. The van der Waals surface area contributed by atoms with Gasteiger partial charge in [-0.2, -0.15) is 0 Å². The molecule has 0 aliphatic carbocycles. The Hall–Kier alpha value is -0.220. The smallest absolute Gasteiger partial charge is 0.143 e. The topological polar surface area (TPSA) is 20.2 Å². The fourth-order valence-corrected chi connectivity index (χ4v) is 1.80. The zero-order valence-electron chi connectivity index (χ0n) is 5.77. The second-order valence-electron chi connectivity index (χ2n) is 1.94. The Morgan fingerprint density at radius 1 is 1.55 bits per heavy atom. The van der Waals surface area contributed by atoms with E-state index in [-0.39, 0.29) is 11.6 Å². The van der Waals surface area contributed by atoms with Crippen molar-refractivity contribution in [2.24, 2.45) is 0 Å². The van der Waals surface area contributed by atoms with Crippen molar-refractivity contribution < 1.29 is 9.50 Å². The van der Waals surface area contributed by atoms with Crippen LogP contribution in [0.5, 0.6) is 5.75 Å². The molecule has 0 fully saturated rings. The Kier molecular flexibility index (Phi) is 2.78. The molecular formula is C7H6BrFOS. The average Bonchev–Trinajstić information content (AvgIpc) is 1.96. The Morgan fingerprint density at radius 2 is 2.18 bits per heavy atom. The van der Waals surface area contributed by atoms with E-state index in [2.05, 4.69) is 15.9 Å². The third kappa shape index (κ3) is 1.87. The van der Waals surface area contributed by atoms with Gasteiger partial charge in [0.05, 0.1) is 9.37 Å². The zero-order chi connectivity index (χ0) is 8.43. The largest absolute Gasteiger partial charge is 0.506 e. The normalized spacial score (nSPS) is 10.1. The zero-order valence-corrected chi connectivity index (χ0v) is 8.17. The van der Waals surface area contributed by atoms with E-state index in [4.69, 9.17) is 0 Å². The van der Waals surface area contributed by atoms with E-state index in [1.807, 2.05) is 0 Å². The number of phenolic OH excluding ortho intramolecular Hbond substituents is 1. The lowest BCUT2D eigenvalue weighted by Gasteiger charge is -2.02. The molecule has 1 nitrogen and oxygen atoms in total. The van der Waals surface area contributed by atoms with E-state index in [0.29, 0.717) is 9.37 Å². The van der Waals surface area contributed by atoms with Gasteiger partial charge in [-0.3, -0.25) is 0 Å². The van der Waals surface area contributed by atoms with E-state index in [0.717, 1.165) is 0 Å². The number of phenols is 1. The van der Waals surface area contributed by atoms with Gasteiger partial charge in [-0.15, -0.1) is 11.8 Å². The molecule has 0 radical (unpaired) electrons. The van der Waals surface area contributed by atoms with Crippen LogP contribution < -0.4 is 0 Å². The number of rotatable bonds is 1. The highest BCUT2D eigenvalue weighted by atomic mass is 79.9. The fourth-order valence-electron chi connectivity index (χ4n) is 0.698. The highest BCUT2D eigenvalue weighted by Crippen LogP contribution is 2.34. The van der Waals surface area contributed by atoms with Crippen molar-refractivity contribution in [1.29, 1.82) is 0 Å². The van der Waals surface area contributed by atoms with Crippen molar-refractivity contribution in [1.82, 2.24) is 0 Å². The standard InChI is InChI=1S/C7H6BrFOS/c1-11-6-3-4(9)2-5(8)7(6)10/h2-3,10H,1H3. The minimum Gasteiger partial charge on any atom is -0.506 e. The van der Waals surface area contributed by atoms with Gasteiger partial charge in [-0.25, -0.2) is 4.39 Å². The van der Waals surface area contributed by atoms with Gasteiger partial charge in [-0.05, 0) is 34.3 Å². The second-order valence-corrected chi connectivity index (χ2v) is 3.64. The molecule has 60 valence electrons. The molecule has 0 aromatic heterocycles. The van der Waals surface area contributed by atoms with Gasteiger partial charge in [-0.1, -0.05) is 0 Å². The number of aromatic hydroxyl groups is 1. The molecule has 0 saturated carbocycles. The van der Waals surface area contributed by atoms with Crippen LogP contribution in [0, 0.1) is 5.82 Å². The molecular weight excluding hydrogens is 231 g/mol. The molecule has 11 heavy (non-hydrogen) atoms. The SMILES string of the molecule is CSc1cc(F)cc(Br)c1O. The van der Waals surface area contributed by atoms with Gasteiger partial charge in [0, 0.05) is 0 Å². The van der Waals surface area contributed by atoms with Gasteiger partial charge in [0.15, 0.2) is 0 Å². The van der Waals surface area contributed by atoms with E-state index in [1.165, 1.54) is 23.9 Å². The van der Waals surface area contributed by atoms with Crippen molar-refractivity contribution in [3.05, 3.63) is 22.4 Å². The maximum atomic E-state index is 12.6. The van der Waals surface area contributed by atoms with E-state index >= 15 is 0 Å². The Morgan fingerprint density at radius 3 is 2.73 bits per heavy atom. The summed E-state index contributed by atoms with van der Waals surface area (Å²) in [6, 6.07) is 2.53. The van der Waals surface area contributed by atoms with Crippen LogP contribution in [0.3, 0.4) is 0 Å². The third-order valence-corrected chi connectivity index (χ3v) is 2.57. The lowest BCUT2D eigenvalue weighted by atomic mass is 10.3. The molecule has 4 heteroatoms. The van der Waals surface area contributed by atoms with Crippen LogP contribution in [0.15, 0.2) is 21.5 Å². The molecule has 1 N–H and O–H groups in total. The summed E-state index contributed by atoms with van der Waals surface area (Å²) in [6.45, 7) is 0. The molecule has 0 atom stereocenters. The van der Waals surface area contributed by atoms with Gasteiger partial charge in [0.2, 0.25) is 0 Å². The van der Waals surface area contributed by atoms with Crippen LogP contribution in [-0.2, 0) is 0 Å². The molecule has 0 saturated heterocycles. The monoisotopic (exact) mass is 236 g/mol. The summed E-state index contributed by atoms with van der Waals surface area (Å²) in [6.07, 6.45) is 1.78. The molecule has 0 spiro atoms. The molecule has 0 aliphatic heterocycles. The number of hydrogen-bond donors (Lipinski definition) is 1. The molecule has 0 aliphatic rings. The quantitative estimate of drug-likeness (QED) is 0.757. The van der Waals surface area contributed by atoms with Crippen molar-refractivity contribution >= 4 is 27.7 Å². The van der Waals surface area contributed by atoms with Crippen molar-refractivity contribution in [2.45, 2.75) is 4.90 Å². The molecule has 0 heterocycles. The number of thioether (sulfide) groups is 1. The van der Waals surface area contributed by atoms with Crippen molar-refractivity contribution in [3.8, 4) is 5.75 Å². The summed E-state index contributed by atoms with van der Waals surface area (Å²) in [5, 5.41) is 9.29. The Bertz CT molecular complexity index is 277. The Balaban J connectivity index is 3.24. The van der Waals surface area contributed by atoms with Gasteiger partial charge >= 0.3 is 0 Å². The predicted octanol–water partition coefficient (Wildman–Crippen LogP) is 3.02. The third-order valence-electron chi connectivity index (χ3n) is 1.21. The highest BCUT2D eigenvalue weighted by molar-refractivity contribution is 9.10. The van der Waals surface area contributed by atoms with Gasteiger partial charge < -0.3 is 5.11 Å². The molecule has 1 rings (SSSR count). The first-order valence-electron chi connectivity index (χ1n) is 2.87. The van der Waals surface area contributed by atoms with Crippen LogP contribution in [0.25, 0.3) is 0 Å². The van der Waals surface area contributed by atoms with Gasteiger partial charge in [0.25, 0.3) is 0 Å². The lowest BCUT2D eigenvalue weighted by Crippen LogP contribution is -1.79. The average molecular weight is 237 g/mol. The predicted molar refractivity (Wildman–Crippen MR) is 47.5 cm³/mol. The minimum absolute atomic E-state index is 0.0962. The maximum Gasteiger partial charge on any atom is 0.143 e. The Labute approximate surface area is 76.7 Å². The van der Waals surface area contributed by atoms with Crippen molar-refractivity contribution in [2.75, 3.05) is 6.26 Å². The van der Waals surface area contributed by atoms with Crippen LogP contribution >= 0.6 is 27.7 Å². The summed E-state index contributed by atoms with van der Waals surface area (Å²) in [7, 11) is 0. The van der Waals surface area contributed by atoms with E-state index in [1.54, 1.807) is 6.26 Å². The van der Waals surface area contributed by atoms with E-state index < -0.39 is 0 Å². The van der Waals surface area contributed by atoms with Crippen LogP contribution in [0.4, 0.5) is 4.39 Å². The number of benzene rings is 1. The summed E-state index contributed by atoms with van der Waals surface area (Å²) in [4.78, 5) is 0.539. The highest BCUT2D eigenvalue weighted by Gasteiger charge is 2.06. The molecule has 1 aromatic carbocycles. The first kappa shape index (κ1) is 8.87. The molecule has 0 bridgehead atoms. The molecule has 1 aromatic rings. The molecule has 0 amide bonds. The maximum absolute atomic E-state index is 12.6. The van der Waals surface area contributed by atoms with Gasteiger partial charge in [0.1, 0.15) is 11.6 Å². The lowest BCUT2D eigenvalue weighted by molar-refractivity contribution is 0.455. The summed E-state index contributed by atoms with van der Waals surface area (Å²) in [5.41, 5.74) is 0. The second kappa shape index (κ2) is 3.45. The van der Waals surface area contributed by atoms with Crippen molar-refractivity contribution in [3.63, 3.8) is 0 Å². The summed E-state index contributed by atoms with van der Waals surface area (Å²) < 4.78 is 13.0. The fraction of sp³-hybridized carbons (Fsp3) is 0.143. The minimum atomic E-state index is -0.348. The van der Waals surface area contributed by atoms with Crippen LogP contribution in [0.2, 0.25) is 0 Å². The molecule has 0 unspecified atom stereocenters. The number of hydrogen-bond acceptors (Lipinski definition) is 2. The summed E-state index contributed by atoms with van der Waals surface area (Å²) in [5.74, 6) is -0.252. The first-order valence-corrected chi connectivity index (χ1v) is 4.89. The number of halogens is 2. The van der Waals surface area contributed by atoms with Crippen LogP contribution in [-0.4, -0.2) is 11.4 Å². The van der Waals surface area contributed by atoms with E-state index in [9.17, 15) is 9.50 Å². The summed E-state index contributed by atoms with van der Waals surface area (Å²) >= 11 is 4.34. The van der Waals surface area contributed by atoms with Crippen LogP contribution in [0.1, 0.15) is 0 Å².